The molecule has 1 fully saturated rings. The molecule has 0 saturated carbocycles. The molecule has 1 amide bonds. The van der Waals surface area contributed by atoms with Gasteiger partial charge in [-0.2, -0.15) is 11.3 Å². The highest BCUT2D eigenvalue weighted by Gasteiger charge is 2.20. The van der Waals surface area contributed by atoms with Gasteiger partial charge in [0.1, 0.15) is 11.4 Å². The highest BCUT2D eigenvalue weighted by molar-refractivity contribution is 7.08. The summed E-state index contributed by atoms with van der Waals surface area (Å²) in [7, 11) is 2.15. The summed E-state index contributed by atoms with van der Waals surface area (Å²) in [5.41, 5.74) is 6.21. The van der Waals surface area contributed by atoms with Crippen molar-refractivity contribution < 1.29 is 4.79 Å². The SMILES string of the molecule is Cc1cscc1-c1ccc(C(=O)NC2=NC(CN3CCN(C)CC3)=CC2)c2nccnc12. The molecular weight excluding hydrogens is 420 g/mol. The molecule has 1 saturated heterocycles. The monoisotopic (exact) mass is 446 g/mol. The van der Waals surface area contributed by atoms with E-state index in [-0.39, 0.29) is 5.91 Å². The molecule has 5 rings (SSSR count). The molecule has 0 bridgehead atoms. The first-order valence-electron chi connectivity index (χ1n) is 10.8. The van der Waals surface area contributed by atoms with Gasteiger partial charge >= 0.3 is 0 Å². The maximum absolute atomic E-state index is 13.1. The third kappa shape index (κ3) is 4.21. The highest BCUT2D eigenvalue weighted by atomic mass is 32.1. The minimum atomic E-state index is -0.197. The van der Waals surface area contributed by atoms with E-state index in [1.54, 1.807) is 23.7 Å². The molecule has 0 spiro atoms. The van der Waals surface area contributed by atoms with Crippen molar-refractivity contribution in [3.05, 3.63) is 58.2 Å². The molecule has 164 valence electrons. The number of carbonyl (C=O) groups excluding carboxylic acids is 1. The van der Waals surface area contributed by atoms with E-state index >= 15 is 0 Å². The molecule has 2 aliphatic rings. The first-order chi connectivity index (χ1) is 15.6. The Balaban J connectivity index is 1.33. The van der Waals surface area contributed by atoms with Crippen molar-refractivity contribution in [1.82, 2.24) is 25.1 Å². The van der Waals surface area contributed by atoms with Gasteiger partial charge in [0.05, 0.1) is 16.8 Å². The van der Waals surface area contributed by atoms with Gasteiger partial charge in [-0.25, -0.2) is 4.99 Å². The van der Waals surface area contributed by atoms with E-state index in [0.29, 0.717) is 23.3 Å². The van der Waals surface area contributed by atoms with Crippen LogP contribution in [0.5, 0.6) is 0 Å². The summed E-state index contributed by atoms with van der Waals surface area (Å²) in [6, 6.07) is 3.81. The summed E-state index contributed by atoms with van der Waals surface area (Å²) in [5, 5.41) is 7.22. The Morgan fingerprint density at radius 1 is 1.06 bits per heavy atom. The second-order valence-corrected chi connectivity index (χ2v) is 9.12. The van der Waals surface area contributed by atoms with Crippen LogP contribution < -0.4 is 5.32 Å². The zero-order chi connectivity index (χ0) is 22.1. The molecule has 8 heteroatoms. The number of benzene rings is 1. The average Bonchev–Trinajstić information content (AvgIpc) is 3.43. The molecule has 1 N–H and O–H groups in total. The molecule has 0 radical (unpaired) electrons. The van der Waals surface area contributed by atoms with E-state index in [4.69, 9.17) is 0 Å². The zero-order valence-electron chi connectivity index (χ0n) is 18.3. The third-order valence-electron chi connectivity index (χ3n) is 6.06. The van der Waals surface area contributed by atoms with Crippen LogP contribution in [0, 0.1) is 6.92 Å². The fourth-order valence-corrected chi connectivity index (χ4v) is 5.03. The van der Waals surface area contributed by atoms with E-state index in [1.807, 2.05) is 12.1 Å². The Morgan fingerprint density at radius 3 is 2.59 bits per heavy atom. The van der Waals surface area contributed by atoms with Gasteiger partial charge in [-0.3, -0.25) is 19.7 Å². The lowest BCUT2D eigenvalue weighted by Gasteiger charge is -2.32. The number of thiophene rings is 1. The van der Waals surface area contributed by atoms with E-state index < -0.39 is 0 Å². The van der Waals surface area contributed by atoms with Crippen LogP contribution in [-0.2, 0) is 0 Å². The number of aromatic nitrogens is 2. The lowest BCUT2D eigenvalue weighted by molar-refractivity contribution is 0.0978. The number of aliphatic imine (C=N–C) groups is 1. The van der Waals surface area contributed by atoms with Crippen molar-refractivity contribution in [2.45, 2.75) is 13.3 Å². The van der Waals surface area contributed by atoms with Crippen LogP contribution in [0.2, 0.25) is 0 Å². The van der Waals surface area contributed by atoms with Gasteiger partial charge in [0.2, 0.25) is 0 Å². The zero-order valence-corrected chi connectivity index (χ0v) is 19.2. The number of aryl methyl sites for hydroxylation is 1. The number of nitrogens with one attached hydrogen (secondary N) is 1. The number of rotatable bonds is 4. The van der Waals surface area contributed by atoms with E-state index in [0.717, 1.165) is 55.1 Å². The summed E-state index contributed by atoms with van der Waals surface area (Å²) in [6.45, 7) is 7.17. The summed E-state index contributed by atoms with van der Waals surface area (Å²) < 4.78 is 0. The Kier molecular flexibility index (Phi) is 5.82. The Labute approximate surface area is 191 Å². The first-order valence-corrected chi connectivity index (χ1v) is 11.8. The second kappa shape index (κ2) is 8.90. The minimum absolute atomic E-state index is 0.197. The molecule has 0 aliphatic carbocycles. The molecule has 4 heterocycles. The predicted octanol–water partition coefficient (Wildman–Crippen LogP) is 3.33. The normalized spacial score (nSPS) is 17.4. The van der Waals surface area contributed by atoms with E-state index in [1.165, 1.54) is 5.56 Å². The van der Waals surface area contributed by atoms with Gasteiger partial charge in [0.25, 0.3) is 5.91 Å². The molecule has 1 aromatic carbocycles. The summed E-state index contributed by atoms with van der Waals surface area (Å²) >= 11 is 1.66. The van der Waals surface area contributed by atoms with Gasteiger partial charge in [-0.1, -0.05) is 12.1 Å². The van der Waals surface area contributed by atoms with Crippen molar-refractivity contribution in [1.29, 1.82) is 0 Å². The fourth-order valence-electron chi connectivity index (χ4n) is 4.19. The van der Waals surface area contributed by atoms with Crippen LogP contribution >= 0.6 is 11.3 Å². The van der Waals surface area contributed by atoms with Gasteiger partial charge < -0.3 is 10.2 Å². The van der Waals surface area contributed by atoms with Crippen molar-refractivity contribution in [3.63, 3.8) is 0 Å². The number of hydrogen-bond donors (Lipinski definition) is 1. The summed E-state index contributed by atoms with van der Waals surface area (Å²) in [5.74, 6) is 0.492. The standard InChI is InChI=1S/C24H26N6OS/c1-16-14-32-15-20(16)18-4-5-19(23-22(18)25-7-8-26-23)24(31)28-21-6-3-17(27-21)13-30-11-9-29(2)10-12-30/h3-5,7-8,14-15H,6,9-13H2,1-2H3,(H,27,28,31). The smallest absolute Gasteiger partial charge is 0.258 e. The fraction of sp³-hybridized carbons (Fsp3) is 0.333. The number of nitrogens with zero attached hydrogens (tertiary/aromatic N) is 5. The van der Waals surface area contributed by atoms with Crippen molar-refractivity contribution in [3.8, 4) is 11.1 Å². The molecule has 2 aromatic heterocycles. The Hall–Kier alpha value is -2.94. The van der Waals surface area contributed by atoms with Crippen molar-refractivity contribution >= 4 is 34.1 Å². The maximum Gasteiger partial charge on any atom is 0.258 e. The average molecular weight is 447 g/mol. The first kappa shape index (κ1) is 20.9. The third-order valence-corrected chi connectivity index (χ3v) is 6.93. The number of carbonyl (C=O) groups is 1. The Morgan fingerprint density at radius 2 is 1.84 bits per heavy atom. The van der Waals surface area contributed by atoms with Gasteiger partial charge in [0.15, 0.2) is 0 Å². The molecule has 0 atom stereocenters. The van der Waals surface area contributed by atoms with E-state index in [9.17, 15) is 4.79 Å². The minimum Gasteiger partial charge on any atom is -0.310 e. The number of hydrogen-bond acceptors (Lipinski definition) is 7. The Bertz CT molecular complexity index is 1220. The largest absolute Gasteiger partial charge is 0.310 e. The van der Waals surface area contributed by atoms with Crippen LogP contribution in [0.4, 0.5) is 0 Å². The number of amides is 1. The van der Waals surface area contributed by atoms with Gasteiger partial charge in [-0.05, 0) is 41.9 Å². The molecule has 0 unspecified atom stereocenters. The van der Waals surface area contributed by atoms with Crippen LogP contribution in [0.1, 0.15) is 22.3 Å². The number of amidine groups is 1. The van der Waals surface area contributed by atoms with Crippen LogP contribution in [0.3, 0.4) is 0 Å². The molecule has 2 aliphatic heterocycles. The summed E-state index contributed by atoms with van der Waals surface area (Å²) in [6.07, 6.45) is 6.05. The van der Waals surface area contributed by atoms with Gasteiger partial charge in [0, 0.05) is 57.1 Å². The number of likely N-dealkylation sites (N-methyl/N-ethyl adjacent to an activating group) is 1. The molecular formula is C24H26N6OS. The van der Waals surface area contributed by atoms with Crippen LogP contribution in [-0.4, -0.2) is 71.3 Å². The summed E-state index contributed by atoms with van der Waals surface area (Å²) in [4.78, 5) is 31.6. The molecule has 3 aromatic rings. The lowest BCUT2D eigenvalue weighted by Crippen LogP contribution is -2.44. The predicted molar refractivity (Wildman–Crippen MR) is 129 cm³/mol. The quantitative estimate of drug-likeness (QED) is 0.666. The molecule has 7 nitrogen and oxygen atoms in total. The van der Waals surface area contributed by atoms with Crippen LogP contribution in [0.25, 0.3) is 22.2 Å². The number of piperazine rings is 1. The maximum atomic E-state index is 13.1. The second-order valence-electron chi connectivity index (χ2n) is 8.37. The topological polar surface area (TPSA) is 73.7 Å². The lowest BCUT2D eigenvalue weighted by atomic mass is 10.0. The van der Waals surface area contributed by atoms with Crippen molar-refractivity contribution in [2.24, 2.45) is 4.99 Å². The molecule has 32 heavy (non-hydrogen) atoms. The van der Waals surface area contributed by atoms with Crippen molar-refractivity contribution in [2.75, 3.05) is 39.8 Å². The van der Waals surface area contributed by atoms with Crippen LogP contribution in [0.15, 0.2) is 52.1 Å². The van der Waals surface area contributed by atoms with E-state index in [2.05, 4.69) is 60.9 Å². The number of fused-ring (bicyclic) bond motifs is 1. The van der Waals surface area contributed by atoms with Gasteiger partial charge in [-0.15, -0.1) is 0 Å². The highest BCUT2D eigenvalue weighted by Crippen LogP contribution is 2.32.